The third-order valence-corrected chi connectivity index (χ3v) is 2.97. The minimum absolute atomic E-state index is 0.293. The molecule has 1 unspecified atom stereocenters. The molecule has 84 valence electrons. The number of nitrogens with two attached hydrogens (primary N) is 1. The van der Waals surface area contributed by atoms with E-state index in [9.17, 15) is 0 Å². The molecule has 0 spiro atoms. The molecule has 0 saturated heterocycles. The number of hydrogen-bond acceptors (Lipinski definition) is 3. The molecule has 1 saturated carbocycles. The first kappa shape index (κ1) is 12.0. The van der Waals surface area contributed by atoms with Crippen molar-refractivity contribution in [3.05, 3.63) is 0 Å². The first-order valence-electron chi connectivity index (χ1n) is 5.70. The Morgan fingerprint density at radius 2 is 2.21 bits per heavy atom. The molecule has 0 amide bonds. The Morgan fingerprint density at radius 3 is 2.79 bits per heavy atom. The summed E-state index contributed by atoms with van der Waals surface area (Å²) in [6.45, 7) is 4.09. The Balaban J connectivity index is 1.90. The van der Waals surface area contributed by atoms with Crippen LogP contribution in [0.3, 0.4) is 0 Å². The van der Waals surface area contributed by atoms with E-state index in [2.05, 4.69) is 12.2 Å². The van der Waals surface area contributed by atoms with Gasteiger partial charge in [0.15, 0.2) is 0 Å². The quantitative estimate of drug-likeness (QED) is 0.606. The van der Waals surface area contributed by atoms with E-state index in [1.807, 2.05) is 0 Å². The van der Waals surface area contributed by atoms with E-state index < -0.39 is 0 Å². The molecule has 0 bridgehead atoms. The van der Waals surface area contributed by atoms with E-state index in [1.165, 1.54) is 12.8 Å². The molecule has 1 rings (SSSR count). The Labute approximate surface area is 87.4 Å². The molecule has 0 aliphatic heterocycles. The van der Waals surface area contributed by atoms with Crippen molar-refractivity contribution in [2.24, 2.45) is 11.7 Å². The molecular formula is C11H24N2O. The predicted octanol–water partition coefficient (Wildman–Crippen LogP) is 1.13. The summed E-state index contributed by atoms with van der Waals surface area (Å²) in [5.41, 5.74) is 5.96. The van der Waals surface area contributed by atoms with E-state index in [1.54, 1.807) is 7.11 Å². The average Bonchev–Trinajstić information content (AvgIpc) is 2.11. The SMILES string of the molecule is COCCCC(N)CNC1CC(C)C1. The zero-order chi connectivity index (χ0) is 10.4. The van der Waals surface area contributed by atoms with E-state index >= 15 is 0 Å². The average molecular weight is 200 g/mol. The monoisotopic (exact) mass is 200 g/mol. The fraction of sp³-hybridized carbons (Fsp3) is 1.00. The van der Waals surface area contributed by atoms with Crippen molar-refractivity contribution in [1.29, 1.82) is 0 Å². The van der Waals surface area contributed by atoms with Crippen LogP contribution in [-0.4, -0.2) is 32.3 Å². The Morgan fingerprint density at radius 1 is 1.50 bits per heavy atom. The maximum Gasteiger partial charge on any atom is 0.0462 e. The van der Waals surface area contributed by atoms with Crippen LogP contribution >= 0.6 is 0 Å². The lowest BCUT2D eigenvalue weighted by atomic mass is 9.82. The minimum Gasteiger partial charge on any atom is -0.385 e. The minimum atomic E-state index is 0.293. The predicted molar refractivity (Wildman–Crippen MR) is 59.3 cm³/mol. The zero-order valence-electron chi connectivity index (χ0n) is 9.46. The van der Waals surface area contributed by atoms with Crippen molar-refractivity contribution in [3.63, 3.8) is 0 Å². The molecule has 3 heteroatoms. The molecule has 0 aromatic carbocycles. The highest BCUT2D eigenvalue weighted by atomic mass is 16.5. The van der Waals surface area contributed by atoms with Crippen LogP contribution in [0.15, 0.2) is 0 Å². The standard InChI is InChI=1S/C11H24N2O/c1-9-6-11(7-9)13-8-10(12)4-3-5-14-2/h9-11,13H,3-8,12H2,1-2H3. The van der Waals surface area contributed by atoms with Gasteiger partial charge in [-0.05, 0) is 31.6 Å². The smallest absolute Gasteiger partial charge is 0.0462 e. The number of nitrogens with one attached hydrogen (secondary N) is 1. The second kappa shape index (κ2) is 6.38. The lowest BCUT2D eigenvalue weighted by Crippen LogP contribution is -2.45. The first-order chi connectivity index (χ1) is 6.72. The van der Waals surface area contributed by atoms with Crippen molar-refractivity contribution in [2.75, 3.05) is 20.3 Å². The third kappa shape index (κ3) is 4.40. The fourth-order valence-corrected chi connectivity index (χ4v) is 1.98. The molecule has 0 radical (unpaired) electrons. The summed E-state index contributed by atoms with van der Waals surface area (Å²) in [4.78, 5) is 0. The van der Waals surface area contributed by atoms with E-state index in [-0.39, 0.29) is 0 Å². The molecule has 1 aliphatic rings. The highest BCUT2D eigenvalue weighted by Crippen LogP contribution is 2.25. The van der Waals surface area contributed by atoms with Crippen LogP contribution in [0.4, 0.5) is 0 Å². The molecule has 1 atom stereocenters. The van der Waals surface area contributed by atoms with Crippen LogP contribution < -0.4 is 11.1 Å². The van der Waals surface area contributed by atoms with Gasteiger partial charge in [0.2, 0.25) is 0 Å². The summed E-state index contributed by atoms with van der Waals surface area (Å²) >= 11 is 0. The molecule has 0 aromatic rings. The van der Waals surface area contributed by atoms with Gasteiger partial charge in [0.05, 0.1) is 0 Å². The van der Waals surface area contributed by atoms with Gasteiger partial charge < -0.3 is 15.8 Å². The Kier molecular flexibility index (Phi) is 5.45. The molecule has 1 fully saturated rings. The maximum atomic E-state index is 5.96. The Bertz CT molecular complexity index is 146. The second-order valence-electron chi connectivity index (χ2n) is 4.58. The van der Waals surface area contributed by atoms with Gasteiger partial charge in [-0.1, -0.05) is 6.92 Å². The molecule has 3 N–H and O–H groups in total. The van der Waals surface area contributed by atoms with Gasteiger partial charge in [0.25, 0.3) is 0 Å². The van der Waals surface area contributed by atoms with Crippen LogP contribution in [0.25, 0.3) is 0 Å². The molecule has 14 heavy (non-hydrogen) atoms. The van der Waals surface area contributed by atoms with Crippen molar-refractivity contribution in [1.82, 2.24) is 5.32 Å². The molecule has 0 aromatic heterocycles. The van der Waals surface area contributed by atoms with Crippen molar-refractivity contribution < 1.29 is 4.74 Å². The maximum absolute atomic E-state index is 5.96. The number of ether oxygens (including phenoxy) is 1. The molecular weight excluding hydrogens is 176 g/mol. The first-order valence-corrected chi connectivity index (χ1v) is 5.70. The molecule has 1 aliphatic carbocycles. The molecule has 3 nitrogen and oxygen atoms in total. The van der Waals surface area contributed by atoms with Crippen LogP contribution in [-0.2, 0) is 4.74 Å². The highest BCUT2D eigenvalue weighted by Gasteiger charge is 2.24. The highest BCUT2D eigenvalue weighted by molar-refractivity contribution is 4.83. The summed E-state index contributed by atoms with van der Waals surface area (Å²) in [7, 11) is 1.74. The van der Waals surface area contributed by atoms with Crippen LogP contribution in [0.2, 0.25) is 0 Å². The third-order valence-electron chi connectivity index (χ3n) is 2.97. The summed E-state index contributed by atoms with van der Waals surface area (Å²) in [6, 6.07) is 1.03. The zero-order valence-corrected chi connectivity index (χ0v) is 9.46. The van der Waals surface area contributed by atoms with E-state index in [4.69, 9.17) is 10.5 Å². The van der Waals surface area contributed by atoms with Gasteiger partial charge in [-0.25, -0.2) is 0 Å². The van der Waals surface area contributed by atoms with Gasteiger partial charge in [0.1, 0.15) is 0 Å². The Hall–Kier alpha value is -0.120. The summed E-state index contributed by atoms with van der Waals surface area (Å²) in [6.07, 6.45) is 4.78. The van der Waals surface area contributed by atoms with Gasteiger partial charge in [-0.3, -0.25) is 0 Å². The van der Waals surface area contributed by atoms with Gasteiger partial charge in [-0.15, -0.1) is 0 Å². The van der Waals surface area contributed by atoms with Crippen molar-refractivity contribution in [2.45, 2.75) is 44.7 Å². The van der Waals surface area contributed by atoms with Crippen LogP contribution in [0, 0.1) is 5.92 Å². The molecule has 0 heterocycles. The van der Waals surface area contributed by atoms with Gasteiger partial charge in [-0.2, -0.15) is 0 Å². The number of hydrogen-bond donors (Lipinski definition) is 2. The fourth-order valence-electron chi connectivity index (χ4n) is 1.98. The largest absolute Gasteiger partial charge is 0.385 e. The number of methoxy groups -OCH3 is 1. The normalized spacial score (nSPS) is 28.5. The van der Waals surface area contributed by atoms with Gasteiger partial charge in [0, 0.05) is 32.3 Å². The second-order valence-corrected chi connectivity index (χ2v) is 4.58. The van der Waals surface area contributed by atoms with Crippen molar-refractivity contribution in [3.8, 4) is 0 Å². The van der Waals surface area contributed by atoms with Crippen molar-refractivity contribution >= 4 is 0 Å². The van der Waals surface area contributed by atoms with Crippen LogP contribution in [0.5, 0.6) is 0 Å². The lowest BCUT2D eigenvalue weighted by molar-refractivity contribution is 0.188. The van der Waals surface area contributed by atoms with E-state index in [0.29, 0.717) is 6.04 Å². The van der Waals surface area contributed by atoms with Gasteiger partial charge >= 0.3 is 0 Å². The van der Waals surface area contributed by atoms with E-state index in [0.717, 1.165) is 38.0 Å². The summed E-state index contributed by atoms with van der Waals surface area (Å²) in [5.74, 6) is 0.914. The lowest BCUT2D eigenvalue weighted by Gasteiger charge is -2.34. The van der Waals surface area contributed by atoms with Crippen LogP contribution in [0.1, 0.15) is 32.6 Å². The number of rotatable bonds is 7. The summed E-state index contributed by atoms with van der Waals surface area (Å²) in [5, 5.41) is 3.51. The topological polar surface area (TPSA) is 47.3 Å². The summed E-state index contributed by atoms with van der Waals surface area (Å²) < 4.78 is 4.99.